The summed E-state index contributed by atoms with van der Waals surface area (Å²) >= 11 is 0. The molecule has 0 aliphatic heterocycles. The summed E-state index contributed by atoms with van der Waals surface area (Å²) in [6.45, 7) is 6.47. The monoisotopic (exact) mass is 203 g/mol. The van der Waals surface area contributed by atoms with Gasteiger partial charge in [-0.3, -0.25) is 4.79 Å². The molecule has 2 fully saturated rings. The van der Waals surface area contributed by atoms with Gasteiger partial charge >= 0.3 is 0 Å². The Morgan fingerprint density at radius 1 is 1.38 bits per heavy atom. The zero-order valence-electron chi connectivity index (χ0n) is 8.46. The summed E-state index contributed by atoms with van der Waals surface area (Å²) in [5, 5.41) is 0. The smallest absolute Gasteiger partial charge is 0.156 e. The van der Waals surface area contributed by atoms with Gasteiger partial charge in [-0.05, 0) is 24.2 Å². The number of Topliss-reactive ketones (excluding diaryl/α,β-unsaturated/α-hetero) is 1. The van der Waals surface area contributed by atoms with Gasteiger partial charge in [0.15, 0.2) is 5.78 Å². The normalized spacial score (nSPS) is 46.3. The number of hydrogen-bond acceptors (Lipinski definition) is 2. The molecular weight excluding hydrogens is 186 g/mol. The maximum absolute atomic E-state index is 11.8. The first-order chi connectivity index (χ1) is 5.41. The average molecular weight is 204 g/mol. The van der Waals surface area contributed by atoms with Crippen LogP contribution >= 0.6 is 12.4 Å². The highest BCUT2D eigenvalue weighted by Crippen LogP contribution is 2.62. The summed E-state index contributed by atoms with van der Waals surface area (Å²) in [5.74, 6) is 0.721. The van der Waals surface area contributed by atoms with E-state index in [0.717, 1.165) is 12.8 Å². The standard InChI is InChI=1S/C10H17NO.ClH/c1-9(2)6-4-5-10(9,3)8(12)7(6)11;/h6-7H,4-5,11H2,1-3H3;1H/t6?,7-,10?;/m0./s1. The van der Waals surface area contributed by atoms with E-state index in [9.17, 15) is 4.79 Å². The van der Waals surface area contributed by atoms with E-state index >= 15 is 0 Å². The molecule has 76 valence electrons. The maximum atomic E-state index is 11.8. The van der Waals surface area contributed by atoms with E-state index in [4.69, 9.17) is 5.73 Å². The van der Waals surface area contributed by atoms with Gasteiger partial charge in [0, 0.05) is 5.41 Å². The van der Waals surface area contributed by atoms with E-state index in [1.807, 2.05) is 0 Å². The molecule has 0 aromatic carbocycles. The number of nitrogens with two attached hydrogens (primary N) is 1. The summed E-state index contributed by atoms with van der Waals surface area (Å²) < 4.78 is 0. The molecule has 2 bridgehead atoms. The van der Waals surface area contributed by atoms with Crippen molar-refractivity contribution in [3.8, 4) is 0 Å². The number of rotatable bonds is 0. The summed E-state index contributed by atoms with van der Waals surface area (Å²) in [4.78, 5) is 11.8. The molecular formula is C10H18ClNO. The Morgan fingerprint density at radius 3 is 2.15 bits per heavy atom. The van der Waals surface area contributed by atoms with E-state index in [2.05, 4.69) is 20.8 Å². The van der Waals surface area contributed by atoms with Gasteiger partial charge in [-0.1, -0.05) is 20.8 Å². The Bertz CT molecular complexity index is 251. The molecule has 0 spiro atoms. The first-order valence-corrected chi connectivity index (χ1v) is 4.71. The summed E-state index contributed by atoms with van der Waals surface area (Å²) in [7, 11) is 0. The molecule has 3 heteroatoms. The van der Waals surface area contributed by atoms with Crippen LogP contribution in [-0.4, -0.2) is 11.8 Å². The lowest BCUT2D eigenvalue weighted by Gasteiger charge is -2.32. The third kappa shape index (κ3) is 0.962. The molecule has 0 saturated heterocycles. The van der Waals surface area contributed by atoms with Crippen LogP contribution in [0.5, 0.6) is 0 Å². The van der Waals surface area contributed by atoms with Crippen LogP contribution in [-0.2, 0) is 4.79 Å². The van der Waals surface area contributed by atoms with Gasteiger partial charge in [0.2, 0.25) is 0 Å². The largest absolute Gasteiger partial charge is 0.321 e. The first-order valence-electron chi connectivity index (χ1n) is 4.71. The molecule has 13 heavy (non-hydrogen) atoms. The van der Waals surface area contributed by atoms with E-state index in [0.29, 0.717) is 11.7 Å². The van der Waals surface area contributed by atoms with Gasteiger partial charge in [0.1, 0.15) is 0 Å². The molecule has 2 rings (SSSR count). The van der Waals surface area contributed by atoms with Crippen molar-refractivity contribution in [1.29, 1.82) is 0 Å². The Morgan fingerprint density at radius 2 is 1.92 bits per heavy atom. The van der Waals surface area contributed by atoms with E-state index in [1.165, 1.54) is 0 Å². The molecule has 2 unspecified atom stereocenters. The molecule has 0 radical (unpaired) electrons. The minimum Gasteiger partial charge on any atom is -0.321 e. The minimum atomic E-state index is -0.182. The fourth-order valence-electron chi connectivity index (χ4n) is 3.16. The highest BCUT2D eigenvalue weighted by Gasteiger charge is 2.65. The molecule has 0 aromatic rings. The number of halogens is 1. The molecule has 2 saturated carbocycles. The van der Waals surface area contributed by atoms with E-state index < -0.39 is 0 Å². The second-order valence-corrected chi connectivity index (χ2v) is 5.09. The van der Waals surface area contributed by atoms with E-state index in [-0.39, 0.29) is 29.3 Å². The summed E-state index contributed by atoms with van der Waals surface area (Å²) in [6, 6.07) is -0.182. The van der Waals surface area contributed by atoms with E-state index in [1.54, 1.807) is 0 Å². The van der Waals surface area contributed by atoms with Gasteiger partial charge in [-0.15, -0.1) is 12.4 Å². The predicted molar refractivity (Wildman–Crippen MR) is 54.8 cm³/mol. The van der Waals surface area contributed by atoms with Gasteiger partial charge in [-0.2, -0.15) is 0 Å². The van der Waals surface area contributed by atoms with Crippen LogP contribution in [0.25, 0.3) is 0 Å². The van der Waals surface area contributed by atoms with Crippen LogP contribution in [0, 0.1) is 16.7 Å². The van der Waals surface area contributed by atoms with Crippen molar-refractivity contribution < 1.29 is 4.79 Å². The zero-order chi connectivity index (χ0) is 9.15. The second-order valence-electron chi connectivity index (χ2n) is 5.09. The average Bonchev–Trinajstić information content (AvgIpc) is 2.26. The lowest BCUT2D eigenvalue weighted by atomic mass is 9.70. The molecule has 2 aliphatic rings. The van der Waals surface area contributed by atoms with Gasteiger partial charge in [0.05, 0.1) is 6.04 Å². The third-order valence-corrected chi connectivity index (χ3v) is 4.58. The SMILES string of the molecule is CC12CCC([C@H](N)C1=O)C2(C)C.Cl. The van der Waals surface area contributed by atoms with Crippen molar-refractivity contribution in [2.75, 3.05) is 0 Å². The zero-order valence-corrected chi connectivity index (χ0v) is 9.28. The van der Waals surface area contributed by atoms with Crippen molar-refractivity contribution in [3.63, 3.8) is 0 Å². The fourth-order valence-corrected chi connectivity index (χ4v) is 3.16. The maximum Gasteiger partial charge on any atom is 0.156 e. The first kappa shape index (κ1) is 11.0. The molecule has 0 aromatic heterocycles. The topological polar surface area (TPSA) is 43.1 Å². The van der Waals surface area contributed by atoms with Crippen molar-refractivity contribution in [1.82, 2.24) is 0 Å². The quantitative estimate of drug-likeness (QED) is 0.652. The number of fused-ring (bicyclic) bond motifs is 2. The highest BCUT2D eigenvalue weighted by atomic mass is 35.5. The molecule has 2 N–H and O–H groups in total. The number of carbonyl (C=O) groups excluding carboxylic acids is 1. The van der Waals surface area contributed by atoms with Gasteiger partial charge in [0.25, 0.3) is 0 Å². The van der Waals surface area contributed by atoms with Crippen molar-refractivity contribution in [2.45, 2.75) is 39.7 Å². The lowest BCUT2D eigenvalue weighted by molar-refractivity contribution is -0.129. The molecule has 2 nitrogen and oxygen atoms in total. The van der Waals surface area contributed by atoms with Crippen LogP contribution in [0.1, 0.15) is 33.6 Å². The fraction of sp³-hybridized carbons (Fsp3) is 0.900. The van der Waals surface area contributed by atoms with Gasteiger partial charge in [-0.25, -0.2) is 0 Å². The van der Waals surface area contributed by atoms with Crippen molar-refractivity contribution >= 4 is 18.2 Å². The Labute approximate surface area is 85.7 Å². The number of carbonyl (C=O) groups is 1. The molecule has 3 atom stereocenters. The Kier molecular flexibility index (Phi) is 2.29. The van der Waals surface area contributed by atoms with Crippen molar-refractivity contribution in [2.24, 2.45) is 22.5 Å². The second kappa shape index (κ2) is 2.71. The van der Waals surface area contributed by atoms with Crippen LogP contribution in [0.4, 0.5) is 0 Å². The Balaban J connectivity index is 0.000000845. The molecule has 2 aliphatic carbocycles. The van der Waals surface area contributed by atoms with Crippen molar-refractivity contribution in [3.05, 3.63) is 0 Å². The third-order valence-electron chi connectivity index (χ3n) is 4.58. The number of ketones is 1. The van der Waals surface area contributed by atoms with Crippen LogP contribution in [0.3, 0.4) is 0 Å². The molecule has 0 amide bonds. The predicted octanol–water partition coefficient (Wildman–Crippen LogP) is 1.76. The highest BCUT2D eigenvalue weighted by molar-refractivity contribution is 5.94. The molecule has 0 heterocycles. The van der Waals surface area contributed by atoms with Crippen LogP contribution < -0.4 is 5.73 Å². The Hall–Kier alpha value is -0.0800. The summed E-state index contributed by atoms with van der Waals surface area (Å²) in [5.41, 5.74) is 5.88. The van der Waals surface area contributed by atoms with Gasteiger partial charge < -0.3 is 5.73 Å². The van der Waals surface area contributed by atoms with Crippen LogP contribution in [0.2, 0.25) is 0 Å². The minimum absolute atomic E-state index is 0. The summed E-state index contributed by atoms with van der Waals surface area (Å²) in [6.07, 6.45) is 2.17. The number of hydrogen-bond donors (Lipinski definition) is 1. The van der Waals surface area contributed by atoms with Crippen LogP contribution in [0.15, 0.2) is 0 Å². The lowest BCUT2D eigenvalue weighted by Crippen LogP contribution is -2.39.